The van der Waals surface area contributed by atoms with E-state index < -0.39 is 0 Å². The molecule has 23 heavy (non-hydrogen) atoms. The summed E-state index contributed by atoms with van der Waals surface area (Å²) in [6.45, 7) is 7.93. The lowest BCUT2D eigenvalue weighted by molar-refractivity contribution is 0.0992. The van der Waals surface area contributed by atoms with Crippen molar-refractivity contribution in [2.75, 3.05) is 13.1 Å². The number of fused-ring (bicyclic) bond motifs is 2. The van der Waals surface area contributed by atoms with Gasteiger partial charge in [-0.15, -0.1) is 0 Å². The molecule has 2 bridgehead atoms. The largest absolute Gasteiger partial charge is 0.373 e. The first kappa shape index (κ1) is 16.3. The second kappa shape index (κ2) is 6.91. The van der Waals surface area contributed by atoms with Crippen molar-refractivity contribution in [1.82, 2.24) is 20.4 Å². The predicted molar refractivity (Wildman–Crippen MR) is 91.8 cm³/mol. The second-order valence-electron chi connectivity index (χ2n) is 6.64. The van der Waals surface area contributed by atoms with Gasteiger partial charge in [-0.3, -0.25) is 9.67 Å². The van der Waals surface area contributed by atoms with Gasteiger partial charge in [-0.05, 0) is 52.0 Å². The second-order valence-corrected chi connectivity index (χ2v) is 6.64. The number of ether oxygens (including phenoxy) is 1. The van der Waals surface area contributed by atoms with Gasteiger partial charge in [-0.1, -0.05) is 0 Å². The number of guanidine groups is 1. The summed E-state index contributed by atoms with van der Waals surface area (Å²) in [6, 6.07) is 0.411. The van der Waals surface area contributed by atoms with Crippen LogP contribution in [0, 0.1) is 13.8 Å². The quantitative estimate of drug-likeness (QED) is 0.637. The summed E-state index contributed by atoms with van der Waals surface area (Å²) >= 11 is 0. The Bertz CT molecular complexity index is 580. The zero-order chi connectivity index (χ0) is 16.4. The van der Waals surface area contributed by atoms with Crippen LogP contribution in [-0.2, 0) is 18.2 Å². The smallest absolute Gasteiger partial charge is 0.191 e. The molecule has 1 aromatic rings. The van der Waals surface area contributed by atoms with E-state index in [9.17, 15) is 0 Å². The van der Waals surface area contributed by atoms with Crippen LogP contribution in [0.25, 0.3) is 0 Å². The average Bonchev–Trinajstić information content (AvgIpc) is 3.18. The number of aliphatic imine (C=N–C) groups is 1. The Hall–Kier alpha value is -1.56. The third-order valence-corrected chi connectivity index (χ3v) is 5.06. The Labute approximate surface area is 138 Å². The molecule has 6 heteroatoms. The zero-order valence-corrected chi connectivity index (χ0v) is 14.7. The van der Waals surface area contributed by atoms with Crippen molar-refractivity contribution in [1.29, 1.82) is 0 Å². The molecule has 6 nitrogen and oxygen atoms in total. The summed E-state index contributed by atoms with van der Waals surface area (Å²) in [6.07, 6.45) is 5.25. The summed E-state index contributed by atoms with van der Waals surface area (Å²) in [5.41, 5.74) is 3.66. The Morgan fingerprint density at radius 3 is 2.78 bits per heavy atom. The molecule has 3 atom stereocenters. The minimum Gasteiger partial charge on any atom is -0.373 e. The summed E-state index contributed by atoms with van der Waals surface area (Å²) in [5.74, 6) is 0.910. The van der Waals surface area contributed by atoms with Crippen LogP contribution in [0.5, 0.6) is 0 Å². The minimum absolute atomic E-state index is 0.367. The summed E-state index contributed by atoms with van der Waals surface area (Å²) < 4.78 is 7.86. The van der Waals surface area contributed by atoms with Crippen molar-refractivity contribution in [2.24, 2.45) is 12.0 Å². The highest BCUT2D eigenvalue weighted by Gasteiger charge is 2.41. The van der Waals surface area contributed by atoms with Crippen LogP contribution in [0.3, 0.4) is 0 Å². The molecule has 3 heterocycles. The summed E-state index contributed by atoms with van der Waals surface area (Å²) in [7, 11) is 2.00. The van der Waals surface area contributed by atoms with Crippen LogP contribution in [0.1, 0.15) is 43.1 Å². The van der Waals surface area contributed by atoms with Crippen molar-refractivity contribution < 1.29 is 4.74 Å². The number of nitrogens with one attached hydrogen (secondary N) is 2. The number of rotatable bonds is 5. The molecule has 128 valence electrons. The van der Waals surface area contributed by atoms with Gasteiger partial charge in [0, 0.05) is 25.8 Å². The van der Waals surface area contributed by atoms with E-state index in [0.29, 0.717) is 18.2 Å². The van der Waals surface area contributed by atoms with Crippen molar-refractivity contribution >= 4 is 5.96 Å². The van der Waals surface area contributed by atoms with Crippen molar-refractivity contribution in [3.8, 4) is 0 Å². The van der Waals surface area contributed by atoms with Crippen LogP contribution in [0.4, 0.5) is 0 Å². The Kier molecular flexibility index (Phi) is 4.90. The molecule has 2 fully saturated rings. The maximum atomic E-state index is 5.92. The van der Waals surface area contributed by atoms with Gasteiger partial charge in [0.15, 0.2) is 5.96 Å². The first-order valence-electron chi connectivity index (χ1n) is 8.77. The molecule has 3 rings (SSSR count). The van der Waals surface area contributed by atoms with E-state index in [1.54, 1.807) is 0 Å². The molecule has 3 unspecified atom stereocenters. The number of hydrogen-bond acceptors (Lipinski definition) is 3. The molecule has 0 saturated carbocycles. The molecule has 1 aromatic heterocycles. The van der Waals surface area contributed by atoms with Gasteiger partial charge < -0.3 is 15.4 Å². The highest BCUT2D eigenvalue weighted by atomic mass is 16.5. The number of nitrogens with zero attached hydrogens (tertiary/aromatic N) is 3. The van der Waals surface area contributed by atoms with E-state index in [1.807, 2.05) is 11.7 Å². The molecule has 0 amide bonds. The molecule has 0 spiro atoms. The minimum atomic E-state index is 0.367. The molecular weight excluding hydrogens is 290 g/mol. The maximum absolute atomic E-state index is 5.92. The van der Waals surface area contributed by atoms with Crippen molar-refractivity contribution in [2.45, 2.75) is 64.7 Å². The van der Waals surface area contributed by atoms with Crippen molar-refractivity contribution in [3.63, 3.8) is 0 Å². The van der Waals surface area contributed by atoms with Crippen LogP contribution >= 0.6 is 0 Å². The molecule has 2 saturated heterocycles. The normalized spacial score (nSPS) is 26.8. The van der Waals surface area contributed by atoms with Crippen LogP contribution in [0.2, 0.25) is 0 Å². The lowest BCUT2D eigenvalue weighted by atomic mass is 9.96. The Morgan fingerprint density at radius 2 is 2.22 bits per heavy atom. The highest BCUT2D eigenvalue weighted by molar-refractivity contribution is 5.80. The van der Waals surface area contributed by atoms with Crippen LogP contribution in [-0.4, -0.2) is 47.1 Å². The van der Waals surface area contributed by atoms with Crippen LogP contribution < -0.4 is 10.6 Å². The highest BCUT2D eigenvalue weighted by Crippen LogP contribution is 2.34. The number of hydrogen-bond donors (Lipinski definition) is 2. The van der Waals surface area contributed by atoms with Gasteiger partial charge in [-0.2, -0.15) is 5.10 Å². The van der Waals surface area contributed by atoms with E-state index in [-0.39, 0.29) is 0 Å². The SMILES string of the molecule is CCNC(=NCCc1c(C)nn(C)c1C)NC1CC2CCC1O2. The molecule has 0 aromatic carbocycles. The van der Waals surface area contributed by atoms with E-state index in [2.05, 4.69) is 36.5 Å². The third-order valence-electron chi connectivity index (χ3n) is 5.06. The molecular formula is C17H29N5O. The molecule has 2 N–H and O–H groups in total. The van der Waals surface area contributed by atoms with E-state index >= 15 is 0 Å². The van der Waals surface area contributed by atoms with Gasteiger partial charge in [-0.25, -0.2) is 0 Å². The third kappa shape index (κ3) is 3.52. The summed E-state index contributed by atoms with van der Waals surface area (Å²) in [4.78, 5) is 4.75. The van der Waals surface area contributed by atoms with Gasteiger partial charge in [0.2, 0.25) is 0 Å². The number of aryl methyl sites for hydroxylation is 2. The standard InChI is InChI=1S/C17H29N5O/c1-5-18-17(20-15-10-13-6-7-16(15)23-13)19-9-8-14-11(2)21-22(4)12(14)3/h13,15-16H,5-10H2,1-4H3,(H2,18,19,20). The lowest BCUT2D eigenvalue weighted by Gasteiger charge is -2.22. The fourth-order valence-corrected chi connectivity index (χ4v) is 3.74. The fourth-order valence-electron chi connectivity index (χ4n) is 3.74. The summed E-state index contributed by atoms with van der Waals surface area (Å²) in [5, 5.41) is 11.4. The fraction of sp³-hybridized carbons (Fsp3) is 0.765. The van der Waals surface area contributed by atoms with E-state index in [4.69, 9.17) is 9.73 Å². The van der Waals surface area contributed by atoms with E-state index in [1.165, 1.54) is 24.1 Å². The first-order valence-corrected chi connectivity index (χ1v) is 8.77. The molecule has 0 aliphatic carbocycles. The van der Waals surface area contributed by atoms with Crippen molar-refractivity contribution in [3.05, 3.63) is 17.0 Å². The van der Waals surface area contributed by atoms with Gasteiger partial charge in [0.05, 0.1) is 23.9 Å². The van der Waals surface area contributed by atoms with Gasteiger partial charge in [0.1, 0.15) is 0 Å². The molecule has 0 radical (unpaired) electrons. The van der Waals surface area contributed by atoms with Crippen LogP contribution in [0.15, 0.2) is 4.99 Å². The Balaban J connectivity index is 1.58. The number of aromatic nitrogens is 2. The monoisotopic (exact) mass is 319 g/mol. The maximum Gasteiger partial charge on any atom is 0.191 e. The average molecular weight is 319 g/mol. The van der Waals surface area contributed by atoms with Gasteiger partial charge in [0.25, 0.3) is 0 Å². The predicted octanol–water partition coefficient (Wildman–Crippen LogP) is 1.45. The Morgan fingerprint density at radius 1 is 1.39 bits per heavy atom. The van der Waals surface area contributed by atoms with Gasteiger partial charge >= 0.3 is 0 Å². The lowest BCUT2D eigenvalue weighted by Crippen LogP contribution is -2.47. The molecule has 2 aliphatic heterocycles. The zero-order valence-electron chi connectivity index (χ0n) is 14.7. The topological polar surface area (TPSA) is 63.5 Å². The van der Waals surface area contributed by atoms with E-state index in [0.717, 1.165) is 37.6 Å². The first-order chi connectivity index (χ1) is 11.1. The molecule has 2 aliphatic rings.